The van der Waals surface area contributed by atoms with E-state index in [9.17, 15) is 17.9 Å². The second kappa shape index (κ2) is 5.67. The van der Waals surface area contributed by atoms with Gasteiger partial charge in [-0.15, -0.1) is 0 Å². The van der Waals surface area contributed by atoms with Crippen LogP contribution in [0.5, 0.6) is 0 Å². The fraction of sp³-hybridized carbons (Fsp3) is 0.538. The van der Waals surface area contributed by atoms with Crippen LogP contribution in [0, 0.1) is 5.82 Å². The molecule has 1 aliphatic carbocycles. The lowest BCUT2D eigenvalue weighted by Gasteiger charge is -2.34. The number of aliphatic hydroxyl groups is 1. The second-order valence-corrected chi connectivity index (χ2v) is 7.06. The fourth-order valence-corrected chi connectivity index (χ4v) is 4.13. The van der Waals surface area contributed by atoms with Gasteiger partial charge < -0.3 is 10.8 Å². The van der Waals surface area contributed by atoms with Crippen molar-refractivity contribution in [2.75, 3.05) is 12.8 Å². The van der Waals surface area contributed by atoms with Gasteiger partial charge in [0.2, 0.25) is 10.0 Å². The third-order valence-electron chi connectivity index (χ3n) is 3.83. The molecule has 0 bridgehead atoms. The number of nitrogens with zero attached hydrogens (tertiary/aromatic N) is 1. The molecule has 0 amide bonds. The zero-order chi connectivity index (χ0) is 14.9. The molecule has 112 valence electrons. The van der Waals surface area contributed by atoms with Gasteiger partial charge in [0.15, 0.2) is 0 Å². The summed E-state index contributed by atoms with van der Waals surface area (Å²) in [5.74, 6) is -0.760. The smallest absolute Gasteiger partial charge is 0.245 e. The van der Waals surface area contributed by atoms with E-state index in [1.165, 1.54) is 19.2 Å². The molecule has 1 aliphatic rings. The summed E-state index contributed by atoms with van der Waals surface area (Å²) < 4.78 is 39.6. The van der Waals surface area contributed by atoms with Gasteiger partial charge in [-0.1, -0.05) is 18.9 Å². The van der Waals surface area contributed by atoms with E-state index in [-0.39, 0.29) is 10.6 Å². The van der Waals surface area contributed by atoms with Crippen molar-refractivity contribution >= 4 is 15.7 Å². The van der Waals surface area contributed by atoms with E-state index in [1.54, 1.807) is 0 Å². The lowest BCUT2D eigenvalue weighted by molar-refractivity contribution is 0.0638. The average Bonchev–Trinajstić information content (AvgIpc) is 2.41. The number of benzene rings is 1. The molecule has 5 nitrogen and oxygen atoms in total. The van der Waals surface area contributed by atoms with Crippen LogP contribution in [0.3, 0.4) is 0 Å². The summed E-state index contributed by atoms with van der Waals surface area (Å²) in [5.41, 5.74) is 5.14. The van der Waals surface area contributed by atoms with Crippen molar-refractivity contribution in [1.82, 2.24) is 4.31 Å². The summed E-state index contributed by atoms with van der Waals surface area (Å²) in [5, 5.41) is 9.96. The summed E-state index contributed by atoms with van der Waals surface area (Å²) in [6.45, 7) is 0. The minimum Gasteiger partial charge on any atom is -0.395 e. The number of sulfonamides is 1. The summed E-state index contributed by atoms with van der Waals surface area (Å²) in [6.07, 6.45) is 2.21. The molecule has 1 fully saturated rings. The highest BCUT2D eigenvalue weighted by Gasteiger charge is 2.35. The minimum atomic E-state index is -3.92. The molecule has 0 aromatic heterocycles. The number of para-hydroxylation sites is 1. The first-order valence-corrected chi connectivity index (χ1v) is 8.00. The van der Waals surface area contributed by atoms with E-state index in [1.807, 2.05) is 0 Å². The van der Waals surface area contributed by atoms with Crippen LogP contribution in [0.2, 0.25) is 0 Å². The van der Waals surface area contributed by atoms with Gasteiger partial charge in [-0.2, -0.15) is 4.31 Å². The molecule has 2 atom stereocenters. The number of anilines is 1. The summed E-state index contributed by atoms with van der Waals surface area (Å²) in [4.78, 5) is -0.252. The third-order valence-corrected chi connectivity index (χ3v) is 5.77. The Morgan fingerprint density at radius 3 is 2.65 bits per heavy atom. The normalized spacial score (nSPS) is 24.0. The molecule has 0 saturated heterocycles. The summed E-state index contributed by atoms with van der Waals surface area (Å²) in [7, 11) is -2.51. The van der Waals surface area contributed by atoms with Crippen LogP contribution < -0.4 is 5.73 Å². The number of hydrogen-bond acceptors (Lipinski definition) is 4. The molecule has 1 saturated carbocycles. The Morgan fingerprint density at radius 2 is 2.00 bits per heavy atom. The van der Waals surface area contributed by atoms with Gasteiger partial charge in [-0.25, -0.2) is 12.8 Å². The van der Waals surface area contributed by atoms with E-state index >= 15 is 0 Å². The summed E-state index contributed by atoms with van der Waals surface area (Å²) >= 11 is 0. The maximum atomic E-state index is 13.4. The molecule has 2 unspecified atom stereocenters. The van der Waals surface area contributed by atoms with Gasteiger partial charge in [0.05, 0.1) is 17.8 Å². The second-order valence-electron chi connectivity index (χ2n) is 5.09. The maximum absolute atomic E-state index is 13.4. The highest BCUT2D eigenvalue weighted by Crippen LogP contribution is 2.29. The first-order valence-electron chi connectivity index (χ1n) is 6.56. The molecule has 0 spiro atoms. The van der Waals surface area contributed by atoms with Crippen LogP contribution >= 0.6 is 0 Å². The van der Waals surface area contributed by atoms with Crippen molar-refractivity contribution in [2.45, 2.75) is 42.7 Å². The van der Waals surface area contributed by atoms with Gasteiger partial charge in [0.25, 0.3) is 0 Å². The molecule has 0 aliphatic heterocycles. The molecule has 7 heteroatoms. The molecule has 0 radical (unpaired) electrons. The maximum Gasteiger partial charge on any atom is 0.245 e. The average molecular weight is 302 g/mol. The van der Waals surface area contributed by atoms with Crippen molar-refractivity contribution in [3.05, 3.63) is 24.0 Å². The van der Waals surface area contributed by atoms with Crippen molar-refractivity contribution in [3.8, 4) is 0 Å². The number of rotatable bonds is 3. The quantitative estimate of drug-likeness (QED) is 0.825. The van der Waals surface area contributed by atoms with Gasteiger partial charge >= 0.3 is 0 Å². The van der Waals surface area contributed by atoms with Crippen LogP contribution in [-0.2, 0) is 10.0 Å². The lowest BCUT2D eigenvalue weighted by Crippen LogP contribution is -2.46. The Balaban J connectivity index is 2.36. The van der Waals surface area contributed by atoms with Crippen LogP contribution in [-0.4, -0.2) is 37.0 Å². The van der Waals surface area contributed by atoms with E-state index < -0.39 is 28.0 Å². The number of halogens is 1. The Kier molecular flexibility index (Phi) is 4.31. The van der Waals surface area contributed by atoms with E-state index in [0.29, 0.717) is 12.8 Å². The largest absolute Gasteiger partial charge is 0.395 e. The minimum absolute atomic E-state index is 0.252. The Labute approximate surface area is 118 Å². The Hall–Kier alpha value is -1.18. The number of likely N-dealkylation sites (N-methyl/N-ethyl adjacent to an activating group) is 1. The number of aliphatic hydroxyl groups excluding tert-OH is 1. The van der Waals surface area contributed by atoms with Crippen molar-refractivity contribution in [2.24, 2.45) is 0 Å². The van der Waals surface area contributed by atoms with Gasteiger partial charge in [-0.05, 0) is 25.0 Å². The first kappa shape index (κ1) is 15.2. The topological polar surface area (TPSA) is 83.6 Å². The van der Waals surface area contributed by atoms with Crippen LogP contribution in [0.1, 0.15) is 25.7 Å². The lowest BCUT2D eigenvalue weighted by atomic mass is 9.93. The Morgan fingerprint density at radius 1 is 1.35 bits per heavy atom. The zero-order valence-corrected chi connectivity index (χ0v) is 12.1. The van der Waals surface area contributed by atoms with Gasteiger partial charge in [-0.3, -0.25) is 0 Å². The van der Waals surface area contributed by atoms with E-state index in [2.05, 4.69) is 0 Å². The molecule has 1 aromatic rings. The number of nitrogens with two attached hydrogens (primary N) is 1. The standard InChI is InChI=1S/C13H19FN2O3S/c1-16(10-6-2-3-7-11(10)17)20(18,19)12-8-4-5-9(14)13(12)15/h4-5,8,10-11,17H,2-3,6-7,15H2,1H3. The molecule has 0 heterocycles. The molecule has 2 rings (SSSR count). The fourth-order valence-electron chi connectivity index (χ4n) is 2.59. The Bertz CT molecular complexity index is 591. The molecule has 1 aromatic carbocycles. The highest BCUT2D eigenvalue weighted by atomic mass is 32.2. The molecule has 3 N–H and O–H groups in total. The van der Waals surface area contributed by atoms with Crippen molar-refractivity contribution in [3.63, 3.8) is 0 Å². The molecular weight excluding hydrogens is 283 g/mol. The van der Waals surface area contributed by atoms with E-state index in [4.69, 9.17) is 5.73 Å². The van der Waals surface area contributed by atoms with Crippen LogP contribution in [0.15, 0.2) is 23.1 Å². The first-order chi connectivity index (χ1) is 9.35. The van der Waals surface area contributed by atoms with Gasteiger partial charge in [0, 0.05) is 7.05 Å². The van der Waals surface area contributed by atoms with E-state index in [0.717, 1.165) is 23.2 Å². The van der Waals surface area contributed by atoms with Crippen molar-refractivity contribution in [1.29, 1.82) is 0 Å². The van der Waals surface area contributed by atoms with Crippen molar-refractivity contribution < 1.29 is 17.9 Å². The van der Waals surface area contributed by atoms with Gasteiger partial charge in [0.1, 0.15) is 10.7 Å². The zero-order valence-electron chi connectivity index (χ0n) is 11.3. The van der Waals surface area contributed by atoms with Crippen LogP contribution in [0.25, 0.3) is 0 Å². The number of nitrogen functional groups attached to an aromatic ring is 1. The predicted molar refractivity (Wildman–Crippen MR) is 74.0 cm³/mol. The monoisotopic (exact) mass is 302 g/mol. The SMILES string of the molecule is CN(C1CCCCC1O)S(=O)(=O)c1cccc(F)c1N. The third kappa shape index (κ3) is 2.65. The number of hydrogen-bond donors (Lipinski definition) is 2. The molecule has 20 heavy (non-hydrogen) atoms. The molecular formula is C13H19FN2O3S. The summed E-state index contributed by atoms with van der Waals surface area (Å²) in [6, 6.07) is 3.21. The predicted octanol–water partition coefficient (Wildman–Crippen LogP) is 1.33. The highest BCUT2D eigenvalue weighted by molar-refractivity contribution is 7.89. The van der Waals surface area contributed by atoms with Crippen LogP contribution in [0.4, 0.5) is 10.1 Å².